The van der Waals surface area contributed by atoms with Crippen molar-refractivity contribution in [2.75, 3.05) is 19.3 Å². The van der Waals surface area contributed by atoms with E-state index in [1.54, 1.807) is 24.2 Å². The first-order valence-corrected chi connectivity index (χ1v) is 9.66. The lowest BCUT2D eigenvalue weighted by atomic mass is 9.96. The number of aromatic nitrogens is 3. The molecule has 8 nitrogen and oxygen atoms in total. The molecule has 0 saturated heterocycles. The molecule has 28 heavy (non-hydrogen) atoms. The molecule has 148 valence electrons. The van der Waals surface area contributed by atoms with Gasteiger partial charge in [0, 0.05) is 24.3 Å². The smallest absolute Gasteiger partial charge is 0.410 e. The van der Waals surface area contributed by atoms with Gasteiger partial charge in [-0.2, -0.15) is 0 Å². The molecule has 2 N–H and O–H groups in total. The van der Waals surface area contributed by atoms with Crippen molar-refractivity contribution in [2.45, 2.75) is 32.3 Å². The zero-order valence-electron chi connectivity index (χ0n) is 15.9. The minimum atomic E-state index is -0.340. The average molecular weight is 448 g/mol. The fraction of sp³-hybridized carbons (Fsp3) is 0.368. The van der Waals surface area contributed by atoms with Crippen molar-refractivity contribution < 1.29 is 13.9 Å². The average Bonchev–Trinajstić information content (AvgIpc) is 3.13. The Bertz CT molecular complexity index is 922. The SMILES string of the molecule is CC(C)OC(=O)N(C)CC1=CCC(c2nnc(-c3cc(Br)cnc3N)o2)C=C1. The van der Waals surface area contributed by atoms with Crippen molar-refractivity contribution in [2.24, 2.45) is 0 Å². The van der Waals surface area contributed by atoms with Gasteiger partial charge >= 0.3 is 6.09 Å². The Hall–Kier alpha value is -2.68. The van der Waals surface area contributed by atoms with Gasteiger partial charge in [0.05, 0.1) is 17.6 Å². The number of nitrogens with zero attached hydrogens (tertiary/aromatic N) is 4. The molecule has 1 aliphatic rings. The molecule has 2 aromatic heterocycles. The van der Waals surface area contributed by atoms with Crippen LogP contribution in [0.3, 0.4) is 0 Å². The van der Waals surface area contributed by atoms with Crippen LogP contribution >= 0.6 is 15.9 Å². The number of ether oxygens (including phenoxy) is 1. The van der Waals surface area contributed by atoms with Crippen molar-refractivity contribution in [3.8, 4) is 11.5 Å². The monoisotopic (exact) mass is 447 g/mol. The van der Waals surface area contributed by atoms with Crippen LogP contribution < -0.4 is 5.73 Å². The summed E-state index contributed by atoms with van der Waals surface area (Å²) in [6, 6.07) is 1.79. The lowest BCUT2D eigenvalue weighted by Crippen LogP contribution is -2.31. The number of hydrogen-bond acceptors (Lipinski definition) is 7. The molecule has 2 heterocycles. The predicted octanol–water partition coefficient (Wildman–Crippen LogP) is 3.92. The van der Waals surface area contributed by atoms with E-state index in [2.05, 4.69) is 37.2 Å². The fourth-order valence-corrected chi connectivity index (χ4v) is 3.04. The zero-order valence-corrected chi connectivity index (χ0v) is 17.5. The van der Waals surface area contributed by atoms with Crippen LogP contribution in [0.1, 0.15) is 32.1 Å². The van der Waals surface area contributed by atoms with E-state index in [4.69, 9.17) is 14.9 Å². The highest BCUT2D eigenvalue weighted by Gasteiger charge is 2.21. The molecule has 0 aliphatic heterocycles. The van der Waals surface area contributed by atoms with E-state index in [-0.39, 0.29) is 18.1 Å². The van der Waals surface area contributed by atoms with Gasteiger partial charge in [-0.1, -0.05) is 18.2 Å². The number of allylic oxidation sites excluding steroid dienone is 2. The molecule has 0 radical (unpaired) electrons. The van der Waals surface area contributed by atoms with Gasteiger partial charge in [0.25, 0.3) is 5.89 Å². The standard InChI is InChI=1S/C19H22BrN5O3/c1-11(2)27-19(26)25(3)10-12-4-6-13(7-5-12)17-23-24-18(28-17)15-8-14(20)9-22-16(15)21/h4-6,8-9,11,13H,7,10H2,1-3H3,(H2,21,22). The summed E-state index contributed by atoms with van der Waals surface area (Å²) in [7, 11) is 1.71. The van der Waals surface area contributed by atoms with Gasteiger partial charge in [-0.25, -0.2) is 9.78 Å². The molecule has 1 atom stereocenters. The number of halogens is 1. The molecule has 1 aliphatic carbocycles. The number of pyridine rings is 1. The third kappa shape index (κ3) is 4.78. The van der Waals surface area contributed by atoms with Crippen LogP contribution in [0.25, 0.3) is 11.5 Å². The quantitative estimate of drug-likeness (QED) is 0.739. The molecule has 0 bridgehead atoms. The summed E-state index contributed by atoms with van der Waals surface area (Å²) in [6.45, 7) is 4.13. The third-order valence-electron chi connectivity index (χ3n) is 4.12. The van der Waals surface area contributed by atoms with E-state index in [0.29, 0.717) is 36.1 Å². The molecule has 1 amide bonds. The highest BCUT2D eigenvalue weighted by atomic mass is 79.9. The molecule has 2 aromatic rings. The van der Waals surface area contributed by atoms with Crippen molar-refractivity contribution >= 4 is 27.8 Å². The molecule has 1 unspecified atom stereocenters. The normalized spacial score (nSPS) is 16.2. The predicted molar refractivity (Wildman–Crippen MR) is 108 cm³/mol. The van der Waals surface area contributed by atoms with Gasteiger partial charge in [0.15, 0.2) is 0 Å². The molecular formula is C19H22BrN5O3. The van der Waals surface area contributed by atoms with Crippen LogP contribution in [0.15, 0.2) is 45.0 Å². The number of likely N-dealkylation sites (N-methyl/N-ethyl adjacent to an activating group) is 1. The van der Waals surface area contributed by atoms with Crippen LogP contribution in [0, 0.1) is 0 Å². The highest BCUT2D eigenvalue weighted by molar-refractivity contribution is 9.10. The molecule has 3 rings (SSSR count). The number of carbonyl (C=O) groups excluding carboxylic acids is 1. The Morgan fingerprint density at radius 2 is 2.25 bits per heavy atom. The number of hydrogen-bond donors (Lipinski definition) is 1. The van der Waals surface area contributed by atoms with Crippen LogP contribution in [0.5, 0.6) is 0 Å². The van der Waals surface area contributed by atoms with E-state index in [0.717, 1.165) is 10.0 Å². The van der Waals surface area contributed by atoms with Crippen molar-refractivity contribution in [1.29, 1.82) is 0 Å². The topological polar surface area (TPSA) is 107 Å². The summed E-state index contributed by atoms with van der Waals surface area (Å²) in [6.07, 6.45) is 7.85. The summed E-state index contributed by atoms with van der Waals surface area (Å²) in [4.78, 5) is 17.5. The second kappa shape index (κ2) is 8.55. The molecule has 0 saturated carbocycles. The number of anilines is 1. The molecular weight excluding hydrogens is 426 g/mol. The van der Waals surface area contributed by atoms with Gasteiger partial charge in [0.1, 0.15) is 5.82 Å². The minimum Gasteiger partial charge on any atom is -0.447 e. The molecule has 9 heteroatoms. The number of carbonyl (C=O) groups is 1. The first-order valence-electron chi connectivity index (χ1n) is 8.87. The summed E-state index contributed by atoms with van der Waals surface area (Å²) in [5.74, 6) is 1.14. The highest BCUT2D eigenvalue weighted by Crippen LogP contribution is 2.31. The van der Waals surface area contributed by atoms with Crippen LogP contribution in [-0.4, -0.2) is 45.9 Å². The molecule has 0 fully saturated rings. The van der Waals surface area contributed by atoms with Crippen molar-refractivity contribution in [3.05, 3.63) is 46.4 Å². The van der Waals surface area contributed by atoms with E-state index >= 15 is 0 Å². The molecule has 0 aromatic carbocycles. The summed E-state index contributed by atoms with van der Waals surface area (Å²) in [5.41, 5.74) is 7.52. The maximum Gasteiger partial charge on any atom is 0.410 e. The fourth-order valence-electron chi connectivity index (χ4n) is 2.71. The summed E-state index contributed by atoms with van der Waals surface area (Å²) in [5, 5.41) is 8.25. The lowest BCUT2D eigenvalue weighted by Gasteiger charge is -2.21. The van der Waals surface area contributed by atoms with Crippen LogP contribution in [0.4, 0.5) is 10.6 Å². The van der Waals surface area contributed by atoms with Crippen LogP contribution in [0.2, 0.25) is 0 Å². The van der Waals surface area contributed by atoms with Gasteiger partial charge in [-0.15, -0.1) is 10.2 Å². The van der Waals surface area contributed by atoms with Crippen molar-refractivity contribution in [3.63, 3.8) is 0 Å². The summed E-state index contributed by atoms with van der Waals surface area (Å²) >= 11 is 3.36. The second-order valence-corrected chi connectivity index (χ2v) is 7.72. The Balaban J connectivity index is 1.64. The number of nitrogen functional groups attached to an aromatic ring is 1. The van der Waals surface area contributed by atoms with Crippen LogP contribution in [-0.2, 0) is 4.74 Å². The number of amides is 1. The van der Waals surface area contributed by atoms with E-state index in [1.807, 2.05) is 26.0 Å². The summed E-state index contributed by atoms with van der Waals surface area (Å²) < 4.78 is 11.8. The van der Waals surface area contributed by atoms with Crippen molar-refractivity contribution in [1.82, 2.24) is 20.1 Å². The van der Waals surface area contributed by atoms with E-state index in [9.17, 15) is 4.79 Å². The minimum absolute atomic E-state index is 0.0285. The zero-order chi connectivity index (χ0) is 20.3. The van der Waals surface area contributed by atoms with Gasteiger partial charge in [-0.05, 0) is 47.8 Å². The lowest BCUT2D eigenvalue weighted by molar-refractivity contribution is 0.0865. The first kappa shape index (κ1) is 20.1. The largest absolute Gasteiger partial charge is 0.447 e. The molecule has 0 spiro atoms. The number of nitrogens with two attached hydrogens (primary N) is 1. The Morgan fingerprint density at radius 3 is 2.93 bits per heavy atom. The van der Waals surface area contributed by atoms with Gasteiger partial charge in [0.2, 0.25) is 5.89 Å². The second-order valence-electron chi connectivity index (χ2n) is 6.80. The Kier molecular flexibility index (Phi) is 6.13. The van der Waals surface area contributed by atoms with E-state index in [1.165, 1.54) is 0 Å². The third-order valence-corrected chi connectivity index (χ3v) is 4.55. The van der Waals surface area contributed by atoms with E-state index < -0.39 is 0 Å². The van der Waals surface area contributed by atoms with Gasteiger partial charge in [-0.3, -0.25) is 0 Å². The maximum atomic E-state index is 11.9. The maximum absolute atomic E-state index is 11.9. The first-order chi connectivity index (χ1) is 13.3. The van der Waals surface area contributed by atoms with Gasteiger partial charge < -0.3 is 19.8 Å². The Labute approximate surface area is 171 Å². The Morgan fingerprint density at radius 1 is 1.46 bits per heavy atom. The number of rotatable bonds is 5.